The van der Waals surface area contributed by atoms with Gasteiger partial charge in [0.2, 0.25) is 0 Å². The van der Waals surface area contributed by atoms with Gasteiger partial charge in [0.05, 0.1) is 6.61 Å². The number of halogens is 3. The van der Waals surface area contributed by atoms with Crippen molar-refractivity contribution in [2.75, 3.05) is 32.8 Å². The maximum Gasteiger partial charge on any atom is 0.389 e. The number of hydrogen-bond acceptors (Lipinski definition) is 3. The molecular formula is C13H23F3N2O. The average Bonchev–Trinajstić information content (AvgIpc) is 3.08. The molecule has 0 spiro atoms. The molecule has 2 rings (SSSR count). The second kappa shape index (κ2) is 6.41. The summed E-state index contributed by atoms with van der Waals surface area (Å²) < 4.78 is 37.5. The summed E-state index contributed by atoms with van der Waals surface area (Å²) in [6, 6.07) is 0.133. The predicted molar refractivity (Wildman–Crippen MR) is 66.8 cm³/mol. The van der Waals surface area contributed by atoms with Gasteiger partial charge in [0, 0.05) is 32.1 Å². The fourth-order valence-electron chi connectivity index (χ4n) is 2.91. The quantitative estimate of drug-likeness (QED) is 0.776. The minimum absolute atomic E-state index is 0.00802. The molecule has 112 valence electrons. The topological polar surface area (TPSA) is 35.5 Å². The van der Waals surface area contributed by atoms with E-state index < -0.39 is 12.6 Å². The van der Waals surface area contributed by atoms with Gasteiger partial charge in [-0.05, 0) is 37.6 Å². The molecule has 1 saturated carbocycles. The smallest absolute Gasteiger partial charge is 0.389 e. The highest BCUT2D eigenvalue weighted by atomic mass is 19.4. The van der Waals surface area contributed by atoms with Gasteiger partial charge in [0.25, 0.3) is 0 Å². The van der Waals surface area contributed by atoms with Crippen LogP contribution in [0.25, 0.3) is 0 Å². The van der Waals surface area contributed by atoms with E-state index in [0.717, 1.165) is 19.0 Å². The molecule has 2 aliphatic rings. The van der Waals surface area contributed by atoms with Crippen LogP contribution in [0, 0.1) is 11.8 Å². The summed E-state index contributed by atoms with van der Waals surface area (Å²) in [6.45, 7) is 2.60. The zero-order valence-electron chi connectivity index (χ0n) is 11.1. The summed E-state index contributed by atoms with van der Waals surface area (Å²) in [5.74, 6) is 0.381. The van der Waals surface area contributed by atoms with Crippen molar-refractivity contribution < 1.29 is 18.3 Å². The SMILES string of the molecule is OCCN1CC(CC(F)(F)F)CC(NCC2CC2)C1. The van der Waals surface area contributed by atoms with E-state index in [2.05, 4.69) is 5.32 Å². The normalized spacial score (nSPS) is 29.7. The Kier molecular flexibility index (Phi) is 5.09. The molecule has 0 aromatic carbocycles. The zero-order chi connectivity index (χ0) is 13.9. The number of nitrogens with one attached hydrogen (secondary N) is 1. The lowest BCUT2D eigenvalue weighted by Gasteiger charge is -2.38. The summed E-state index contributed by atoms with van der Waals surface area (Å²) in [5.41, 5.74) is 0. The van der Waals surface area contributed by atoms with Crippen molar-refractivity contribution in [2.24, 2.45) is 11.8 Å². The number of rotatable bonds is 6. The van der Waals surface area contributed by atoms with Crippen LogP contribution in [0.2, 0.25) is 0 Å². The van der Waals surface area contributed by atoms with Crippen molar-refractivity contribution in [3.63, 3.8) is 0 Å². The second-order valence-electron chi connectivity index (χ2n) is 5.95. The van der Waals surface area contributed by atoms with Crippen molar-refractivity contribution in [1.29, 1.82) is 0 Å². The summed E-state index contributed by atoms with van der Waals surface area (Å²) in [6.07, 6.45) is -1.73. The predicted octanol–water partition coefficient (Wildman–Crippen LogP) is 1.62. The molecule has 1 saturated heterocycles. The second-order valence-corrected chi connectivity index (χ2v) is 5.95. The molecule has 6 heteroatoms. The Balaban J connectivity index is 1.83. The highest BCUT2D eigenvalue weighted by molar-refractivity contribution is 4.86. The van der Waals surface area contributed by atoms with Gasteiger partial charge in [0.1, 0.15) is 0 Å². The van der Waals surface area contributed by atoms with Gasteiger partial charge >= 0.3 is 6.18 Å². The lowest BCUT2D eigenvalue weighted by Crippen LogP contribution is -2.51. The van der Waals surface area contributed by atoms with Crippen LogP contribution in [-0.2, 0) is 0 Å². The molecular weight excluding hydrogens is 257 g/mol. The standard InChI is InChI=1S/C13H23F3N2O/c14-13(15,16)6-11-5-12(17-7-10-1-2-10)9-18(8-11)3-4-19/h10-12,17,19H,1-9H2. The first kappa shape index (κ1) is 15.1. The van der Waals surface area contributed by atoms with Crippen LogP contribution in [0.3, 0.4) is 0 Å². The molecule has 1 heterocycles. The first-order valence-electron chi connectivity index (χ1n) is 7.09. The fraction of sp³-hybridized carbons (Fsp3) is 1.00. The molecule has 0 aromatic rings. The van der Waals surface area contributed by atoms with Crippen LogP contribution in [0.4, 0.5) is 13.2 Å². The highest BCUT2D eigenvalue weighted by Crippen LogP contribution is 2.31. The molecule has 2 unspecified atom stereocenters. The number of nitrogens with zero attached hydrogens (tertiary/aromatic N) is 1. The summed E-state index contributed by atoms with van der Waals surface area (Å²) in [7, 11) is 0. The van der Waals surface area contributed by atoms with E-state index in [9.17, 15) is 13.2 Å². The summed E-state index contributed by atoms with van der Waals surface area (Å²) in [4.78, 5) is 1.95. The lowest BCUT2D eigenvalue weighted by atomic mass is 9.91. The number of piperidine rings is 1. The third-order valence-electron chi connectivity index (χ3n) is 3.94. The van der Waals surface area contributed by atoms with Gasteiger partial charge in [0.15, 0.2) is 0 Å². The van der Waals surface area contributed by atoms with Crippen LogP contribution in [0.15, 0.2) is 0 Å². The minimum Gasteiger partial charge on any atom is -0.395 e. The van der Waals surface area contributed by atoms with Crippen LogP contribution < -0.4 is 5.32 Å². The molecule has 0 aromatic heterocycles. The van der Waals surface area contributed by atoms with E-state index in [1.807, 2.05) is 4.90 Å². The Morgan fingerprint density at radius 2 is 1.89 bits per heavy atom. The maximum absolute atomic E-state index is 12.5. The molecule has 2 atom stereocenters. The van der Waals surface area contributed by atoms with Crippen LogP contribution in [0.5, 0.6) is 0 Å². The van der Waals surface area contributed by atoms with Crippen molar-refractivity contribution >= 4 is 0 Å². The van der Waals surface area contributed by atoms with Crippen LogP contribution in [-0.4, -0.2) is 55.0 Å². The number of likely N-dealkylation sites (tertiary alicyclic amines) is 1. The average molecular weight is 280 g/mol. The Morgan fingerprint density at radius 1 is 1.16 bits per heavy atom. The molecule has 1 aliphatic carbocycles. The van der Waals surface area contributed by atoms with Gasteiger partial charge < -0.3 is 10.4 Å². The van der Waals surface area contributed by atoms with E-state index in [-0.39, 0.29) is 18.6 Å². The van der Waals surface area contributed by atoms with E-state index in [0.29, 0.717) is 19.5 Å². The van der Waals surface area contributed by atoms with E-state index >= 15 is 0 Å². The van der Waals surface area contributed by atoms with Crippen LogP contribution >= 0.6 is 0 Å². The maximum atomic E-state index is 12.5. The Hall–Kier alpha value is -0.330. The van der Waals surface area contributed by atoms with Gasteiger partial charge in [-0.3, -0.25) is 4.90 Å². The first-order valence-corrected chi connectivity index (χ1v) is 7.09. The van der Waals surface area contributed by atoms with E-state index in [1.54, 1.807) is 0 Å². The monoisotopic (exact) mass is 280 g/mol. The van der Waals surface area contributed by atoms with Crippen molar-refractivity contribution in [3.05, 3.63) is 0 Å². The van der Waals surface area contributed by atoms with Crippen LogP contribution in [0.1, 0.15) is 25.7 Å². The van der Waals surface area contributed by atoms with Gasteiger partial charge in [-0.1, -0.05) is 0 Å². The van der Waals surface area contributed by atoms with Gasteiger partial charge in [-0.25, -0.2) is 0 Å². The molecule has 2 fully saturated rings. The fourth-order valence-corrected chi connectivity index (χ4v) is 2.91. The number of alkyl halides is 3. The molecule has 0 radical (unpaired) electrons. The number of aliphatic hydroxyl groups is 1. The van der Waals surface area contributed by atoms with Crippen molar-refractivity contribution in [3.8, 4) is 0 Å². The Bertz CT molecular complexity index is 282. The number of aliphatic hydroxyl groups excluding tert-OH is 1. The number of hydrogen-bond donors (Lipinski definition) is 2. The Morgan fingerprint density at radius 3 is 2.47 bits per heavy atom. The van der Waals surface area contributed by atoms with E-state index in [1.165, 1.54) is 12.8 Å². The molecule has 19 heavy (non-hydrogen) atoms. The molecule has 0 amide bonds. The molecule has 1 aliphatic heterocycles. The third-order valence-corrected chi connectivity index (χ3v) is 3.94. The minimum atomic E-state index is -4.09. The van der Waals surface area contributed by atoms with Crippen molar-refractivity contribution in [1.82, 2.24) is 10.2 Å². The van der Waals surface area contributed by atoms with Crippen molar-refractivity contribution in [2.45, 2.75) is 37.9 Å². The van der Waals surface area contributed by atoms with Gasteiger partial charge in [-0.15, -0.1) is 0 Å². The molecule has 3 nitrogen and oxygen atoms in total. The number of β-amino-alcohol motifs (C(OH)–C–C–N with tert-alkyl or cyclic N) is 1. The highest BCUT2D eigenvalue weighted by Gasteiger charge is 2.36. The first-order chi connectivity index (χ1) is 8.96. The Labute approximate surface area is 112 Å². The lowest BCUT2D eigenvalue weighted by molar-refractivity contribution is -0.149. The largest absolute Gasteiger partial charge is 0.395 e. The molecule has 0 bridgehead atoms. The summed E-state index contributed by atoms with van der Waals surface area (Å²) >= 11 is 0. The third kappa shape index (κ3) is 5.67. The summed E-state index contributed by atoms with van der Waals surface area (Å²) in [5, 5.41) is 12.4. The zero-order valence-corrected chi connectivity index (χ0v) is 11.1. The van der Waals surface area contributed by atoms with E-state index in [4.69, 9.17) is 5.11 Å². The molecule has 2 N–H and O–H groups in total. The van der Waals surface area contributed by atoms with Gasteiger partial charge in [-0.2, -0.15) is 13.2 Å².